The highest BCUT2D eigenvalue weighted by Gasteiger charge is 2.25. The maximum Gasteiger partial charge on any atom is 0.321 e. The average molecular weight is 331 g/mol. The van der Waals surface area contributed by atoms with Crippen molar-refractivity contribution >= 4 is 23.7 Å². The fourth-order valence-corrected chi connectivity index (χ4v) is 2.61. The first-order chi connectivity index (χ1) is 11.1. The van der Waals surface area contributed by atoms with E-state index in [-0.39, 0.29) is 11.9 Å². The van der Waals surface area contributed by atoms with Crippen LogP contribution in [0.4, 0.5) is 4.79 Å². The molecule has 0 radical (unpaired) electrons. The molecular formula is C15H17N5O2S. The Hall–Kier alpha value is -2.35. The van der Waals surface area contributed by atoms with E-state index in [9.17, 15) is 9.59 Å². The van der Waals surface area contributed by atoms with Crippen LogP contribution in [0.3, 0.4) is 0 Å². The summed E-state index contributed by atoms with van der Waals surface area (Å²) in [5.41, 5.74) is 0.896. The molecule has 23 heavy (non-hydrogen) atoms. The monoisotopic (exact) mass is 331 g/mol. The minimum absolute atomic E-state index is 0.217. The number of para-hydroxylation sites is 1. The van der Waals surface area contributed by atoms with Gasteiger partial charge in [-0.05, 0) is 31.9 Å². The molecule has 1 atom stereocenters. The standard InChI is InChI=1S/C15H17N5O2S/c1-10(13(21)18-14(22)17-11-7-8-11)23-15-16-9-20(19-15)12-5-3-2-4-6-12/h2-6,9-11H,7-8H2,1H3,(H2,17,18,21,22). The maximum atomic E-state index is 12.0. The van der Waals surface area contributed by atoms with Crippen molar-refractivity contribution in [3.05, 3.63) is 36.7 Å². The molecule has 1 unspecified atom stereocenters. The zero-order chi connectivity index (χ0) is 16.2. The summed E-state index contributed by atoms with van der Waals surface area (Å²) in [6.07, 6.45) is 3.56. The van der Waals surface area contributed by atoms with Gasteiger partial charge >= 0.3 is 6.03 Å². The molecule has 0 bridgehead atoms. The molecule has 0 aliphatic heterocycles. The number of nitrogens with one attached hydrogen (secondary N) is 2. The summed E-state index contributed by atoms with van der Waals surface area (Å²) in [4.78, 5) is 27.7. The van der Waals surface area contributed by atoms with Crippen LogP contribution >= 0.6 is 11.8 Å². The van der Waals surface area contributed by atoms with Crippen molar-refractivity contribution in [1.82, 2.24) is 25.4 Å². The number of carbonyl (C=O) groups excluding carboxylic acids is 2. The first-order valence-corrected chi connectivity index (χ1v) is 8.25. The van der Waals surface area contributed by atoms with Gasteiger partial charge in [-0.15, -0.1) is 5.10 Å². The van der Waals surface area contributed by atoms with Gasteiger partial charge in [0.1, 0.15) is 6.33 Å². The topological polar surface area (TPSA) is 88.9 Å². The first-order valence-electron chi connectivity index (χ1n) is 7.37. The predicted octanol–water partition coefficient (Wildman–Crippen LogP) is 1.74. The number of nitrogens with zero attached hydrogens (tertiary/aromatic N) is 3. The number of amides is 3. The number of thioether (sulfide) groups is 1. The van der Waals surface area contributed by atoms with Gasteiger partial charge in [-0.25, -0.2) is 14.5 Å². The van der Waals surface area contributed by atoms with Crippen molar-refractivity contribution in [3.8, 4) is 5.69 Å². The number of hydrogen-bond acceptors (Lipinski definition) is 5. The van der Waals surface area contributed by atoms with Gasteiger partial charge in [-0.3, -0.25) is 10.1 Å². The van der Waals surface area contributed by atoms with E-state index in [1.165, 1.54) is 11.8 Å². The lowest BCUT2D eigenvalue weighted by molar-refractivity contribution is -0.119. The molecule has 2 aromatic rings. The third kappa shape index (κ3) is 4.32. The SMILES string of the molecule is CC(Sc1ncn(-c2ccccc2)n1)C(=O)NC(=O)NC1CC1. The summed E-state index contributed by atoms with van der Waals surface area (Å²) < 4.78 is 1.65. The Morgan fingerprint density at radius 1 is 1.30 bits per heavy atom. The maximum absolute atomic E-state index is 12.0. The van der Waals surface area contributed by atoms with Gasteiger partial charge in [0.25, 0.3) is 0 Å². The molecule has 8 heteroatoms. The minimum atomic E-state index is -0.466. The fourth-order valence-electron chi connectivity index (χ4n) is 1.88. The van der Waals surface area contributed by atoms with Crippen molar-refractivity contribution in [1.29, 1.82) is 0 Å². The third-order valence-corrected chi connectivity index (χ3v) is 4.26. The molecule has 0 saturated heterocycles. The molecule has 3 amide bonds. The van der Waals surface area contributed by atoms with Crippen LogP contribution in [-0.2, 0) is 4.79 Å². The zero-order valence-electron chi connectivity index (χ0n) is 12.6. The number of imide groups is 1. The Labute approximate surface area is 137 Å². The Bertz CT molecular complexity index is 699. The van der Waals surface area contributed by atoms with Crippen molar-refractivity contribution in [2.75, 3.05) is 0 Å². The van der Waals surface area contributed by atoms with E-state index in [1.54, 1.807) is 17.9 Å². The van der Waals surface area contributed by atoms with Crippen LogP contribution in [0.2, 0.25) is 0 Å². The quantitative estimate of drug-likeness (QED) is 0.815. The van der Waals surface area contributed by atoms with Gasteiger partial charge < -0.3 is 5.32 Å². The Morgan fingerprint density at radius 3 is 2.74 bits per heavy atom. The van der Waals surface area contributed by atoms with Crippen LogP contribution in [0, 0.1) is 0 Å². The van der Waals surface area contributed by atoms with E-state index in [1.807, 2.05) is 30.3 Å². The number of hydrogen-bond donors (Lipinski definition) is 2. The lowest BCUT2D eigenvalue weighted by Crippen LogP contribution is -2.43. The van der Waals surface area contributed by atoms with Gasteiger partial charge in [0.05, 0.1) is 10.9 Å². The predicted molar refractivity (Wildman–Crippen MR) is 86.4 cm³/mol. The lowest BCUT2D eigenvalue weighted by atomic mass is 10.3. The molecule has 120 valence electrons. The van der Waals surface area contributed by atoms with Crippen LogP contribution in [0.15, 0.2) is 41.8 Å². The molecule has 1 aromatic carbocycles. The van der Waals surface area contributed by atoms with Crippen molar-refractivity contribution in [3.63, 3.8) is 0 Å². The van der Waals surface area contributed by atoms with Crippen LogP contribution in [0.5, 0.6) is 0 Å². The number of aromatic nitrogens is 3. The molecule has 1 aliphatic rings. The molecule has 1 fully saturated rings. The number of carbonyl (C=O) groups is 2. The highest BCUT2D eigenvalue weighted by Crippen LogP contribution is 2.20. The normalized spacial score (nSPS) is 15.0. The second-order valence-corrected chi connectivity index (χ2v) is 6.61. The van der Waals surface area contributed by atoms with Gasteiger partial charge in [-0.1, -0.05) is 30.0 Å². The van der Waals surface area contributed by atoms with Gasteiger partial charge in [0.15, 0.2) is 0 Å². The molecule has 1 saturated carbocycles. The highest BCUT2D eigenvalue weighted by molar-refractivity contribution is 8.00. The summed E-state index contributed by atoms with van der Waals surface area (Å²) in [5.74, 6) is -0.357. The molecule has 2 N–H and O–H groups in total. The molecule has 3 rings (SSSR count). The molecule has 1 aliphatic carbocycles. The lowest BCUT2D eigenvalue weighted by Gasteiger charge is -2.09. The van der Waals surface area contributed by atoms with Crippen LogP contribution < -0.4 is 10.6 Å². The van der Waals surface area contributed by atoms with Crippen LogP contribution in [-0.4, -0.2) is 38.0 Å². The van der Waals surface area contributed by atoms with Crippen molar-refractivity contribution in [2.45, 2.75) is 36.2 Å². The van der Waals surface area contributed by atoms with E-state index < -0.39 is 11.3 Å². The second-order valence-electron chi connectivity index (χ2n) is 5.30. The average Bonchev–Trinajstić information content (AvgIpc) is 3.23. The van der Waals surface area contributed by atoms with Gasteiger partial charge in [0, 0.05) is 6.04 Å². The smallest absolute Gasteiger partial charge is 0.321 e. The molecule has 0 spiro atoms. The number of benzene rings is 1. The van der Waals surface area contributed by atoms with Crippen LogP contribution in [0.25, 0.3) is 5.69 Å². The molecule has 1 aromatic heterocycles. The summed E-state index contributed by atoms with van der Waals surface area (Å²) in [6.45, 7) is 1.72. The molecule has 7 nitrogen and oxygen atoms in total. The van der Waals surface area contributed by atoms with E-state index >= 15 is 0 Å². The number of urea groups is 1. The van der Waals surface area contributed by atoms with E-state index in [0.29, 0.717) is 5.16 Å². The minimum Gasteiger partial charge on any atom is -0.335 e. The molecule has 1 heterocycles. The van der Waals surface area contributed by atoms with Crippen molar-refractivity contribution in [2.24, 2.45) is 0 Å². The summed E-state index contributed by atoms with van der Waals surface area (Å²) in [6, 6.07) is 9.37. The fraction of sp³-hybridized carbons (Fsp3) is 0.333. The second kappa shape index (κ2) is 6.82. The van der Waals surface area contributed by atoms with E-state index in [2.05, 4.69) is 20.7 Å². The van der Waals surface area contributed by atoms with Gasteiger partial charge in [-0.2, -0.15) is 0 Å². The van der Waals surface area contributed by atoms with E-state index in [0.717, 1.165) is 18.5 Å². The third-order valence-electron chi connectivity index (χ3n) is 3.29. The largest absolute Gasteiger partial charge is 0.335 e. The number of rotatable bonds is 5. The Kier molecular flexibility index (Phi) is 4.61. The highest BCUT2D eigenvalue weighted by atomic mass is 32.2. The zero-order valence-corrected chi connectivity index (χ0v) is 13.4. The van der Waals surface area contributed by atoms with Gasteiger partial charge in [0.2, 0.25) is 11.1 Å². The first kappa shape index (κ1) is 15.5. The Balaban J connectivity index is 1.55. The summed E-state index contributed by atoms with van der Waals surface area (Å²) in [7, 11) is 0. The van der Waals surface area contributed by atoms with Crippen LogP contribution in [0.1, 0.15) is 19.8 Å². The van der Waals surface area contributed by atoms with E-state index in [4.69, 9.17) is 0 Å². The Morgan fingerprint density at radius 2 is 2.04 bits per heavy atom. The molecular weight excluding hydrogens is 314 g/mol. The summed E-state index contributed by atoms with van der Waals surface area (Å²) in [5, 5.41) is 9.40. The summed E-state index contributed by atoms with van der Waals surface area (Å²) >= 11 is 1.21. The van der Waals surface area contributed by atoms with Crippen molar-refractivity contribution < 1.29 is 9.59 Å².